The lowest BCUT2D eigenvalue weighted by Crippen LogP contribution is -2.13. The van der Waals surface area contributed by atoms with E-state index in [9.17, 15) is 9.18 Å². The summed E-state index contributed by atoms with van der Waals surface area (Å²) in [6, 6.07) is 12.8. The summed E-state index contributed by atoms with van der Waals surface area (Å²) in [7, 11) is 0. The van der Waals surface area contributed by atoms with E-state index in [4.69, 9.17) is 5.11 Å². The van der Waals surface area contributed by atoms with E-state index in [0.29, 0.717) is 17.8 Å². The minimum absolute atomic E-state index is 0.0815. The van der Waals surface area contributed by atoms with E-state index in [1.54, 1.807) is 12.1 Å². The Morgan fingerprint density at radius 3 is 2.50 bits per heavy atom. The van der Waals surface area contributed by atoms with Gasteiger partial charge in [0, 0.05) is 12.3 Å². The molecule has 0 saturated heterocycles. The van der Waals surface area contributed by atoms with Crippen LogP contribution >= 0.6 is 0 Å². The number of hydrogen-bond acceptors (Lipinski definition) is 4. The van der Waals surface area contributed by atoms with Crippen molar-refractivity contribution in [2.24, 2.45) is 0 Å². The van der Waals surface area contributed by atoms with Crippen LogP contribution in [0.15, 0.2) is 54.7 Å². The van der Waals surface area contributed by atoms with Crippen LogP contribution in [0.3, 0.4) is 0 Å². The number of nitrogens with zero attached hydrogens (tertiary/aromatic N) is 3. The third-order valence-electron chi connectivity index (χ3n) is 3.39. The predicted molar refractivity (Wildman–Crippen MR) is 86.5 cm³/mol. The van der Waals surface area contributed by atoms with Gasteiger partial charge in [-0.15, -0.1) is 5.10 Å². The Kier molecular flexibility index (Phi) is 4.62. The maximum Gasteiger partial charge on any atom is 0.277 e. The topological polar surface area (TPSA) is 80.0 Å². The number of halogens is 1. The van der Waals surface area contributed by atoms with Crippen LogP contribution in [0.5, 0.6) is 0 Å². The monoisotopic (exact) mass is 326 g/mol. The molecule has 0 bridgehead atoms. The minimum Gasteiger partial charge on any atom is -0.396 e. The van der Waals surface area contributed by atoms with Crippen LogP contribution < -0.4 is 5.32 Å². The molecule has 3 aromatic rings. The fourth-order valence-electron chi connectivity index (χ4n) is 2.14. The Morgan fingerprint density at radius 2 is 1.83 bits per heavy atom. The molecule has 1 heterocycles. The van der Waals surface area contributed by atoms with Crippen LogP contribution in [0.25, 0.3) is 5.69 Å². The predicted octanol–water partition coefficient (Wildman–Crippen LogP) is 2.19. The van der Waals surface area contributed by atoms with Crippen molar-refractivity contribution in [2.45, 2.75) is 6.42 Å². The van der Waals surface area contributed by atoms with Crippen molar-refractivity contribution in [2.75, 3.05) is 11.9 Å². The van der Waals surface area contributed by atoms with Gasteiger partial charge in [0.1, 0.15) is 5.82 Å². The van der Waals surface area contributed by atoms with Gasteiger partial charge in [-0.2, -0.15) is 9.90 Å². The molecule has 2 N–H and O–H groups in total. The highest BCUT2D eigenvalue weighted by atomic mass is 19.1. The first kappa shape index (κ1) is 15.8. The van der Waals surface area contributed by atoms with Gasteiger partial charge in [-0.1, -0.05) is 12.1 Å². The van der Waals surface area contributed by atoms with Crippen LogP contribution in [0.4, 0.5) is 10.1 Å². The van der Waals surface area contributed by atoms with E-state index in [0.717, 1.165) is 5.56 Å². The molecule has 6 nitrogen and oxygen atoms in total. The highest BCUT2D eigenvalue weighted by Gasteiger charge is 2.12. The van der Waals surface area contributed by atoms with Gasteiger partial charge in [-0.25, -0.2) is 4.39 Å². The quantitative estimate of drug-likeness (QED) is 0.753. The fourth-order valence-corrected chi connectivity index (χ4v) is 2.14. The molecule has 2 aromatic carbocycles. The summed E-state index contributed by atoms with van der Waals surface area (Å²) in [6.07, 6.45) is 1.92. The van der Waals surface area contributed by atoms with Crippen LogP contribution in [0.2, 0.25) is 0 Å². The molecule has 0 aliphatic rings. The number of carbonyl (C=O) groups excluding carboxylic acids is 1. The highest BCUT2D eigenvalue weighted by Crippen LogP contribution is 2.12. The number of hydrogen-bond donors (Lipinski definition) is 2. The summed E-state index contributed by atoms with van der Waals surface area (Å²) in [5.74, 6) is -0.744. The van der Waals surface area contributed by atoms with Crippen molar-refractivity contribution < 1.29 is 14.3 Å². The largest absolute Gasteiger partial charge is 0.396 e. The molecule has 24 heavy (non-hydrogen) atoms. The molecule has 0 spiro atoms. The molecule has 0 aliphatic heterocycles. The van der Waals surface area contributed by atoms with Gasteiger partial charge in [0.15, 0.2) is 5.69 Å². The molecule has 0 radical (unpaired) electrons. The molecule has 0 saturated carbocycles. The molecule has 3 rings (SSSR count). The fraction of sp³-hybridized carbons (Fsp3) is 0.118. The van der Waals surface area contributed by atoms with Crippen LogP contribution in [-0.2, 0) is 6.42 Å². The van der Waals surface area contributed by atoms with Gasteiger partial charge < -0.3 is 10.4 Å². The van der Waals surface area contributed by atoms with Crippen molar-refractivity contribution in [3.8, 4) is 5.69 Å². The van der Waals surface area contributed by atoms with Crippen molar-refractivity contribution >= 4 is 11.6 Å². The molecule has 1 aromatic heterocycles. The number of carbonyl (C=O) groups is 1. The molecule has 1 amide bonds. The lowest BCUT2D eigenvalue weighted by atomic mass is 10.1. The number of benzene rings is 2. The Morgan fingerprint density at radius 1 is 1.12 bits per heavy atom. The van der Waals surface area contributed by atoms with E-state index in [1.165, 1.54) is 35.3 Å². The van der Waals surface area contributed by atoms with Gasteiger partial charge in [0.05, 0.1) is 11.9 Å². The maximum atomic E-state index is 12.9. The zero-order valence-electron chi connectivity index (χ0n) is 12.7. The number of aliphatic hydroxyl groups is 1. The lowest BCUT2D eigenvalue weighted by Gasteiger charge is -2.04. The van der Waals surface area contributed by atoms with E-state index in [-0.39, 0.29) is 18.1 Å². The first-order valence-electron chi connectivity index (χ1n) is 7.35. The Bertz CT molecular complexity index is 829. The van der Waals surface area contributed by atoms with Crippen LogP contribution in [0, 0.1) is 5.82 Å². The SMILES string of the molecule is O=C(Nc1ccc(CCO)cc1)c1cnn(-c2ccc(F)cc2)n1. The minimum atomic E-state index is -0.390. The summed E-state index contributed by atoms with van der Waals surface area (Å²) >= 11 is 0. The molecule has 7 heteroatoms. The third-order valence-corrected chi connectivity index (χ3v) is 3.39. The normalized spacial score (nSPS) is 10.6. The first-order chi connectivity index (χ1) is 11.7. The molecular formula is C17H15FN4O2. The summed E-state index contributed by atoms with van der Waals surface area (Å²) in [6.45, 7) is 0.0815. The van der Waals surface area contributed by atoms with Crippen LogP contribution in [0.1, 0.15) is 16.1 Å². The highest BCUT2D eigenvalue weighted by molar-refractivity contribution is 6.02. The lowest BCUT2D eigenvalue weighted by molar-refractivity contribution is 0.102. The molecular weight excluding hydrogens is 311 g/mol. The Hall–Kier alpha value is -3.06. The van der Waals surface area contributed by atoms with Gasteiger partial charge in [-0.3, -0.25) is 4.79 Å². The summed E-state index contributed by atoms with van der Waals surface area (Å²) in [5.41, 5.74) is 2.32. The summed E-state index contributed by atoms with van der Waals surface area (Å²) in [4.78, 5) is 13.5. The second-order valence-electron chi connectivity index (χ2n) is 5.12. The molecule has 122 valence electrons. The first-order valence-corrected chi connectivity index (χ1v) is 7.35. The summed E-state index contributed by atoms with van der Waals surface area (Å²) < 4.78 is 12.9. The third kappa shape index (κ3) is 3.64. The van der Waals surface area contributed by atoms with Gasteiger partial charge >= 0.3 is 0 Å². The van der Waals surface area contributed by atoms with Gasteiger partial charge in [-0.05, 0) is 48.4 Å². The number of nitrogens with one attached hydrogen (secondary N) is 1. The zero-order valence-corrected chi connectivity index (χ0v) is 12.7. The number of aromatic nitrogens is 3. The molecule has 0 unspecified atom stereocenters. The van der Waals surface area contributed by atoms with Crippen molar-refractivity contribution in [3.05, 3.63) is 71.8 Å². The van der Waals surface area contributed by atoms with Gasteiger partial charge in [0.2, 0.25) is 0 Å². The smallest absolute Gasteiger partial charge is 0.277 e. The average Bonchev–Trinajstić information content (AvgIpc) is 3.08. The van der Waals surface area contributed by atoms with Crippen molar-refractivity contribution in [3.63, 3.8) is 0 Å². The van der Waals surface area contributed by atoms with E-state index in [1.807, 2.05) is 12.1 Å². The Balaban J connectivity index is 1.70. The number of anilines is 1. The summed E-state index contributed by atoms with van der Waals surface area (Å²) in [5, 5.41) is 19.7. The van der Waals surface area contributed by atoms with Gasteiger partial charge in [0.25, 0.3) is 5.91 Å². The second-order valence-corrected chi connectivity index (χ2v) is 5.12. The molecule has 0 atom stereocenters. The maximum absolute atomic E-state index is 12.9. The van der Waals surface area contributed by atoms with Crippen LogP contribution in [-0.4, -0.2) is 32.6 Å². The second kappa shape index (κ2) is 7.01. The molecule has 0 fully saturated rings. The number of aliphatic hydroxyl groups excluding tert-OH is 1. The molecule has 0 aliphatic carbocycles. The van der Waals surface area contributed by atoms with E-state index < -0.39 is 5.91 Å². The van der Waals surface area contributed by atoms with Crippen molar-refractivity contribution in [1.82, 2.24) is 15.0 Å². The Labute approximate surface area is 137 Å². The average molecular weight is 326 g/mol. The number of rotatable bonds is 5. The zero-order chi connectivity index (χ0) is 16.9. The standard InChI is InChI=1S/C17H15FN4O2/c18-13-3-7-15(8-4-13)22-19-11-16(21-22)17(24)20-14-5-1-12(2-6-14)9-10-23/h1-8,11,23H,9-10H2,(H,20,24). The van der Waals surface area contributed by atoms with Crippen molar-refractivity contribution in [1.29, 1.82) is 0 Å². The van der Waals surface area contributed by atoms with E-state index in [2.05, 4.69) is 15.5 Å². The number of amides is 1. The van der Waals surface area contributed by atoms with E-state index >= 15 is 0 Å².